The van der Waals surface area contributed by atoms with Gasteiger partial charge in [-0.25, -0.2) is 0 Å². The molecule has 0 heterocycles. The van der Waals surface area contributed by atoms with Gasteiger partial charge in [0.15, 0.2) is 0 Å². The summed E-state index contributed by atoms with van der Waals surface area (Å²) in [6.45, 7) is 2.28. The van der Waals surface area contributed by atoms with Crippen LogP contribution in [0.3, 0.4) is 0 Å². The van der Waals surface area contributed by atoms with Crippen LogP contribution in [0, 0.1) is 0 Å². The Bertz CT molecular complexity index is 331. The first-order valence-electron chi connectivity index (χ1n) is 8.11. The average Bonchev–Trinajstić information content (AvgIpc) is 2.43. The summed E-state index contributed by atoms with van der Waals surface area (Å²) in [5, 5.41) is 0. The first-order valence-corrected chi connectivity index (χ1v) is 8.56. The molecule has 0 spiro atoms. The maximum absolute atomic E-state index is 4.50. The molecular formula is C18H31NaS. The van der Waals surface area contributed by atoms with Crippen molar-refractivity contribution in [1.82, 2.24) is 0 Å². The van der Waals surface area contributed by atoms with Crippen LogP contribution < -0.4 is 29.6 Å². The molecule has 0 nitrogen and oxygen atoms in total. The van der Waals surface area contributed by atoms with Crippen molar-refractivity contribution in [2.75, 3.05) is 0 Å². The van der Waals surface area contributed by atoms with Gasteiger partial charge in [-0.2, -0.15) is 0 Å². The molecule has 0 unspecified atom stereocenters. The quantitative estimate of drug-likeness (QED) is 0.361. The van der Waals surface area contributed by atoms with E-state index in [2.05, 4.69) is 43.8 Å². The molecule has 0 aliphatic heterocycles. The number of hydrogen-bond acceptors (Lipinski definition) is 1. The fourth-order valence-electron chi connectivity index (χ4n) is 2.53. The molecule has 0 atom stereocenters. The Morgan fingerprint density at radius 3 is 1.85 bits per heavy atom. The van der Waals surface area contributed by atoms with E-state index in [1.165, 1.54) is 76.2 Å². The number of unbranched alkanes of at least 4 members (excludes halogenated alkanes) is 9. The fourth-order valence-corrected chi connectivity index (χ4v) is 2.80. The van der Waals surface area contributed by atoms with Crippen LogP contribution in [-0.2, 0) is 6.42 Å². The zero-order chi connectivity index (χ0) is 13.8. The summed E-state index contributed by atoms with van der Waals surface area (Å²) in [7, 11) is 0. The molecule has 1 rings (SSSR count). The maximum Gasteiger partial charge on any atom is 1.00 e. The molecule has 1 aromatic rings. The van der Waals surface area contributed by atoms with Crippen molar-refractivity contribution in [3.05, 3.63) is 29.8 Å². The monoisotopic (exact) mass is 302 g/mol. The van der Waals surface area contributed by atoms with Crippen LogP contribution >= 0.6 is 12.6 Å². The second kappa shape index (κ2) is 14.5. The van der Waals surface area contributed by atoms with Gasteiger partial charge in [0.1, 0.15) is 0 Å². The SMILES string of the molecule is CCCCCCCCCCCCc1ccccc1S.[H-].[Na+]. The van der Waals surface area contributed by atoms with Gasteiger partial charge in [0, 0.05) is 4.90 Å². The predicted molar refractivity (Wildman–Crippen MR) is 90.4 cm³/mol. The molecule has 0 saturated heterocycles. The van der Waals surface area contributed by atoms with Crippen molar-refractivity contribution < 1.29 is 31.0 Å². The zero-order valence-corrected chi connectivity index (χ0v) is 16.4. The fraction of sp³-hybridized carbons (Fsp3) is 0.667. The van der Waals surface area contributed by atoms with Gasteiger partial charge in [-0.05, 0) is 24.5 Å². The number of rotatable bonds is 11. The summed E-state index contributed by atoms with van der Waals surface area (Å²) in [6.07, 6.45) is 15.2. The van der Waals surface area contributed by atoms with E-state index in [9.17, 15) is 0 Å². The van der Waals surface area contributed by atoms with E-state index in [4.69, 9.17) is 0 Å². The normalized spacial score (nSPS) is 10.3. The third-order valence-corrected chi connectivity index (χ3v) is 4.23. The number of hydrogen-bond donors (Lipinski definition) is 1. The molecule has 0 aromatic heterocycles. The Labute approximate surface area is 155 Å². The van der Waals surface area contributed by atoms with Gasteiger partial charge < -0.3 is 1.43 Å². The van der Waals surface area contributed by atoms with Crippen molar-refractivity contribution in [3.8, 4) is 0 Å². The molecule has 0 aliphatic carbocycles. The van der Waals surface area contributed by atoms with Crippen LogP contribution in [0.5, 0.6) is 0 Å². The summed E-state index contributed by atoms with van der Waals surface area (Å²) < 4.78 is 0. The molecule has 0 aliphatic rings. The zero-order valence-electron chi connectivity index (χ0n) is 14.5. The van der Waals surface area contributed by atoms with E-state index in [0.29, 0.717) is 0 Å². The second-order valence-corrected chi connectivity index (χ2v) is 6.04. The van der Waals surface area contributed by atoms with E-state index < -0.39 is 0 Å². The molecule has 0 radical (unpaired) electrons. The summed E-state index contributed by atoms with van der Waals surface area (Å²) in [4.78, 5) is 1.15. The molecule has 1 aromatic carbocycles. The van der Waals surface area contributed by atoms with Crippen LogP contribution in [0.25, 0.3) is 0 Å². The second-order valence-electron chi connectivity index (χ2n) is 5.56. The molecule has 20 heavy (non-hydrogen) atoms. The summed E-state index contributed by atoms with van der Waals surface area (Å²) in [5.41, 5.74) is 1.41. The van der Waals surface area contributed by atoms with Gasteiger partial charge in [-0.3, -0.25) is 0 Å². The number of benzene rings is 1. The van der Waals surface area contributed by atoms with Crippen molar-refractivity contribution in [2.45, 2.75) is 82.4 Å². The minimum Gasteiger partial charge on any atom is -1.00 e. The Morgan fingerprint density at radius 1 is 0.800 bits per heavy atom. The average molecular weight is 303 g/mol. The van der Waals surface area contributed by atoms with Gasteiger partial charge in [0.25, 0.3) is 0 Å². The maximum atomic E-state index is 4.50. The smallest absolute Gasteiger partial charge is 1.00 e. The first kappa shape index (κ1) is 20.6. The number of aryl methyl sites for hydroxylation is 1. The van der Waals surface area contributed by atoms with Crippen molar-refractivity contribution in [2.24, 2.45) is 0 Å². The van der Waals surface area contributed by atoms with Gasteiger partial charge in [0.2, 0.25) is 0 Å². The predicted octanol–water partition coefficient (Wildman–Crippen LogP) is 3.56. The minimum absolute atomic E-state index is 0. The molecule has 0 bridgehead atoms. The third kappa shape index (κ3) is 10.3. The Morgan fingerprint density at radius 2 is 1.30 bits per heavy atom. The van der Waals surface area contributed by atoms with Gasteiger partial charge in [0.05, 0.1) is 0 Å². The molecule has 0 N–H and O–H groups in total. The summed E-state index contributed by atoms with van der Waals surface area (Å²) >= 11 is 4.50. The number of thiol groups is 1. The minimum atomic E-state index is 0. The van der Waals surface area contributed by atoms with Crippen LogP contribution in [-0.4, -0.2) is 0 Å². The van der Waals surface area contributed by atoms with Crippen molar-refractivity contribution >= 4 is 12.6 Å². The molecule has 0 fully saturated rings. The van der Waals surface area contributed by atoms with E-state index in [1.807, 2.05) is 0 Å². The van der Waals surface area contributed by atoms with Gasteiger partial charge >= 0.3 is 29.6 Å². The Kier molecular flexibility index (Phi) is 14.9. The summed E-state index contributed by atoms with van der Waals surface area (Å²) in [6, 6.07) is 8.47. The molecule has 0 saturated carbocycles. The standard InChI is InChI=1S/C18H30S.Na.H/c1-2-3-4-5-6-7-8-9-10-11-14-17-15-12-13-16-18(17)19;;/h12-13,15-16,19H,2-11,14H2,1H3;;/q;+1;-1. The van der Waals surface area contributed by atoms with Crippen molar-refractivity contribution in [1.29, 1.82) is 0 Å². The van der Waals surface area contributed by atoms with Crippen LogP contribution in [0.2, 0.25) is 0 Å². The van der Waals surface area contributed by atoms with Crippen LogP contribution in [0.1, 0.15) is 78.1 Å². The molecule has 0 amide bonds. The molecule has 110 valence electrons. The topological polar surface area (TPSA) is 0 Å². The molecular weight excluding hydrogens is 271 g/mol. The largest absolute Gasteiger partial charge is 1.00 e. The summed E-state index contributed by atoms with van der Waals surface area (Å²) in [5.74, 6) is 0. The third-order valence-electron chi connectivity index (χ3n) is 3.79. The van der Waals surface area contributed by atoms with E-state index >= 15 is 0 Å². The first-order chi connectivity index (χ1) is 9.34. The molecule has 2 heteroatoms. The van der Waals surface area contributed by atoms with E-state index in [1.54, 1.807) is 0 Å². The van der Waals surface area contributed by atoms with Crippen LogP contribution in [0.15, 0.2) is 29.2 Å². The Balaban J connectivity index is 0. The Hall–Kier alpha value is 0.570. The van der Waals surface area contributed by atoms with E-state index in [-0.39, 0.29) is 31.0 Å². The van der Waals surface area contributed by atoms with Crippen LogP contribution in [0.4, 0.5) is 0 Å². The van der Waals surface area contributed by atoms with Gasteiger partial charge in [-0.15, -0.1) is 12.6 Å². The van der Waals surface area contributed by atoms with Gasteiger partial charge in [-0.1, -0.05) is 82.9 Å². The van der Waals surface area contributed by atoms with E-state index in [0.717, 1.165) is 4.90 Å². The van der Waals surface area contributed by atoms with Crippen molar-refractivity contribution in [3.63, 3.8) is 0 Å².